The maximum absolute atomic E-state index is 13.0. The number of nitrogens with one attached hydrogen (secondary N) is 1. The van der Waals surface area contributed by atoms with Crippen molar-refractivity contribution < 1.29 is 22.7 Å². The van der Waals surface area contributed by atoms with E-state index in [0.29, 0.717) is 27.3 Å². The molecule has 36 heavy (non-hydrogen) atoms. The van der Waals surface area contributed by atoms with Crippen LogP contribution in [-0.4, -0.2) is 17.3 Å². The molecule has 0 fully saturated rings. The Hall–Kier alpha value is -4.30. The van der Waals surface area contributed by atoms with Gasteiger partial charge in [-0.25, -0.2) is 4.98 Å². The molecule has 2 aromatic carbocycles. The number of nitriles is 1. The summed E-state index contributed by atoms with van der Waals surface area (Å²) in [5.74, 6) is -0.675. The number of aromatic nitrogens is 1. The van der Waals surface area contributed by atoms with E-state index in [-0.39, 0.29) is 27.6 Å². The fourth-order valence-corrected chi connectivity index (χ4v) is 4.71. The number of nitrogens with two attached hydrogens (primary N) is 2. The Kier molecular flexibility index (Phi) is 6.47. The first-order valence-electron chi connectivity index (χ1n) is 10.7. The highest BCUT2D eigenvalue weighted by Gasteiger charge is 2.31. The molecule has 2 heterocycles. The Balaban J connectivity index is 1.74. The SMILES string of the molecule is CC(C)c1ccc(-c2c(C#N)c(N)nc3sc(C(=O)Nc4ccc(OC(F)(F)F)cc4)c(N)c23)cc1. The Morgan fingerprint density at radius 3 is 2.31 bits per heavy atom. The van der Waals surface area contributed by atoms with Gasteiger partial charge in [0.15, 0.2) is 0 Å². The summed E-state index contributed by atoms with van der Waals surface area (Å²) in [7, 11) is 0. The van der Waals surface area contributed by atoms with Crippen molar-refractivity contribution in [2.24, 2.45) is 0 Å². The van der Waals surface area contributed by atoms with Crippen LogP contribution in [0.15, 0.2) is 48.5 Å². The number of pyridine rings is 1. The number of anilines is 3. The summed E-state index contributed by atoms with van der Waals surface area (Å²) in [5.41, 5.74) is 15.3. The van der Waals surface area contributed by atoms with Crippen LogP contribution in [0, 0.1) is 11.3 Å². The smallest absolute Gasteiger partial charge is 0.406 e. The maximum Gasteiger partial charge on any atom is 0.573 e. The van der Waals surface area contributed by atoms with Crippen molar-refractivity contribution in [3.05, 3.63) is 64.5 Å². The first kappa shape index (κ1) is 24.8. The number of nitrogens with zero attached hydrogens (tertiary/aromatic N) is 2. The number of nitrogen functional groups attached to an aromatic ring is 2. The van der Waals surface area contributed by atoms with E-state index >= 15 is 0 Å². The number of ether oxygens (including phenoxy) is 1. The molecule has 0 saturated heterocycles. The van der Waals surface area contributed by atoms with Crippen molar-refractivity contribution >= 4 is 44.7 Å². The van der Waals surface area contributed by atoms with E-state index in [1.54, 1.807) is 0 Å². The van der Waals surface area contributed by atoms with Gasteiger partial charge in [-0.2, -0.15) is 5.26 Å². The Bertz CT molecular complexity index is 1490. The molecular formula is C25H20F3N5O2S. The van der Waals surface area contributed by atoms with Crippen molar-refractivity contribution in [2.75, 3.05) is 16.8 Å². The van der Waals surface area contributed by atoms with Crippen LogP contribution in [0.4, 0.5) is 30.4 Å². The summed E-state index contributed by atoms with van der Waals surface area (Å²) < 4.78 is 41.0. The van der Waals surface area contributed by atoms with Crippen LogP contribution in [-0.2, 0) is 0 Å². The molecule has 2 aromatic heterocycles. The second kappa shape index (κ2) is 9.39. The number of alkyl halides is 3. The van der Waals surface area contributed by atoms with Crippen LogP contribution in [0.3, 0.4) is 0 Å². The van der Waals surface area contributed by atoms with Gasteiger partial charge in [-0.1, -0.05) is 38.1 Å². The fraction of sp³-hybridized carbons (Fsp3) is 0.160. The van der Waals surface area contributed by atoms with Crippen LogP contribution in [0.25, 0.3) is 21.3 Å². The van der Waals surface area contributed by atoms with Gasteiger partial charge in [-0.3, -0.25) is 4.79 Å². The molecule has 11 heteroatoms. The van der Waals surface area contributed by atoms with Gasteiger partial charge in [0.25, 0.3) is 5.91 Å². The van der Waals surface area contributed by atoms with Crippen LogP contribution < -0.4 is 21.5 Å². The van der Waals surface area contributed by atoms with Crippen LogP contribution in [0.2, 0.25) is 0 Å². The topological polar surface area (TPSA) is 127 Å². The number of fused-ring (bicyclic) bond motifs is 1. The standard InChI is InChI=1S/C25H20F3N5O2S/c1-12(2)13-3-5-14(6-4-13)18-17(11-29)22(31)33-24-19(18)20(30)21(36-24)23(34)32-15-7-9-16(10-8-15)35-25(26,27)28/h3-10,12H,30H2,1-2H3,(H2,31,33)(H,32,34). The molecule has 0 atom stereocenters. The molecule has 0 spiro atoms. The molecule has 184 valence electrons. The monoisotopic (exact) mass is 511 g/mol. The Labute approximate surface area is 208 Å². The number of benzene rings is 2. The van der Waals surface area contributed by atoms with E-state index in [4.69, 9.17) is 11.5 Å². The molecule has 4 aromatic rings. The summed E-state index contributed by atoms with van der Waals surface area (Å²) >= 11 is 1.00. The zero-order valence-corrected chi connectivity index (χ0v) is 19.9. The van der Waals surface area contributed by atoms with E-state index in [1.165, 1.54) is 12.1 Å². The number of hydrogen-bond acceptors (Lipinski definition) is 7. The third-order valence-corrected chi connectivity index (χ3v) is 6.53. The van der Waals surface area contributed by atoms with Gasteiger partial charge in [-0.05, 0) is 41.3 Å². The summed E-state index contributed by atoms with van der Waals surface area (Å²) in [6.45, 7) is 4.13. The third-order valence-electron chi connectivity index (χ3n) is 5.43. The predicted octanol–water partition coefficient (Wildman–Crippen LogP) is 6.27. The molecule has 1 amide bonds. The normalized spacial score (nSPS) is 11.5. The van der Waals surface area contributed by atoms with Crippen molar-refractivity contribution in [3.63, 3.8) is 0 Å². The molecule has 0 aliphatic heterocycles. The zero-order valence-electron chi connectivity index (χ0n) is 19.1. The molecule has 0 aliphatic rings. The molecule has 0 unspecified atom stereocenters. The van der Waals surface area contributed by atoms with Gasteiger partial charge in [-0.15, -0.1) is 24.5 Å². The second-order valence-electron chi connectivity index (χ2n) is 8.19. The third kappa shape index (κ3) is 4.89. The average Bonchev–Trinajstić information content (AvgIpc) is 3.14. The molecule has 0 saturated carbocycles. The highest BCUT2D eigenvalue weighted by Crippen LogP contribution is 2.43. The number of carbonyl (C=O) groups is 1. The van der Waals surface area contributed by atoms with E-state index in [9.17, 15) is 23.2 Å². The summed E-state index contributed by atoms with van der Waals surface area (Å²) in [4.78, 5) is 17.8. The Morgan fingerprint density at radius 1 is 1.11 bits per heavy atom. The minimum atomic E-state index is -4.82. The first-order valence-corrected chi connectivity index (χ1v) is 11.5. The molecule has 4 rings (SSSR count). The second-order valence-corrected chi connectivity index (χ2v) is 9.19. The van der Waals surface area contributed by atoms with Crippen molar-refractivity contribution in [1.29, 1.82) is 5.26 Å². The number of thiophene rings is 1. The summed E-state index contributed by atoms with van der Waals surface area (Å²) in [5, 5.41) is 12.8. The number of rotatable bonds is 5. The van der Waals surface area contributed by atoms with Gasteiger partial charge >= 0.3 is 6.36 Å². The molecule has 0 radical (unpaired) electrons. The lowest BCUT2D eigenvalue weighted by Crippen LogP contribution is -2.17. The molecular weight excluding hydrogens is 491 g/mol. The van der Waals surface area contributed by atoms with Crippen molar-refractivity contribution in [2.45, 2.75) is 26.1 Å². The number of amides is 1. The first-order chi connectivity index (χ1) is 17.0. The molecule has 0 aliphatic carbocycles. The van der Waals surface area contributed by atoms with Gasteiger partial charge in [0.2, 0.25) is 0 Å². The number of halogens is 3. The van der Waals surface area contributed by atoms with Crippen LogP contribution >= 0.6 is 11.3 Å². The molecule has 5 N–H and O–H groups in total. The van der Waals surface area contributed by atoms with Crippen LogP contribution in [0.5, 0.6) is 5.75 Å². The fourth-order valence-electron chi connectivity index (χ4n) is 3.70. The van der Waals surface area contributed by atoms with Gasteiger partial charge < -0.3 is 21.5 Å². The highest BCUT2D eigenvalue weighted by atomic mass is 32.1. The minimum absolute atomic E-state index is 0.0152. The minimum Gasteiger partial charge on any atom is -0.406 e. The lowest BCUT2D eigenvalue weighted by atomic mass is 9.94. The molecule has 0 bridgehead atoms. The van der Waals surface area contributed by atoms with E-state index in [0.717, 1.165) is 29.0 Å². The summed E-state index contributed by atoms with van der Waals surface area (Å²) in [6, 6.07) is 14.4. The lowest BCUT2D eigenvalue weighted by molar-refractivity contribution is -0.274. The van der Waals surface area contributed by atoms with E-state index in [1.807, 2.05) is 24.3 Å². The number of carbonyl (C=O) groups excluding carboxylic acids is 1. The van der Waals surface area contributed by atoms with E-state index < -0.39 is 18.0 Å². The van der Waals surface area contributed by atoms with Gasteiger partial charge in [0.05, 0.1) is 5.69 Å². The zero-order chi connectivity index (χ0) is 26.2. The van der Waals surface area contributed by atoms with Crippen LogP contribution in [0.1, 0.15) is 40.6 Å². The predicted molar refractivity (Wildman–Crippen MR) is 134 cm³/mol. The summed E-state index contributed by atoms with van der Waals surface area (Å²) in [6.07, 6.45) is -4.82. The van der Waals surface area contributed by atoms with Gasteiger partial charge in [0.1, 0.15) is 32.9 Å². The average molecular weight is 512 g/mol. The highest BCUT2D eigenvalue weighted by molar-refractivity contribution is 7.21. The number of hydrogen-bond donors (Lipinski definition) is 3. The van der Waals surface area contributed by atoms with Crippen molar-refractivity contribution in [1.82, 2.24) is 4.98 Å². The largest absolute Gasteiger partial charge is 0.573 e. The quantitative estimate of drug-likeness (QED) is 0.290. The van der Waals surface area contributed by atoms with Gasteiger partial charge in [0, 0.05) is 16.6 Å². The molecule has 7 nitrogen and oxygen atoms in total. The Morgan fingerprint density at radius 2 is 1.75 bits per heavy atom. The maximum atomic E-state index is 13.0. The van der Waals surface area contributed by atoms with E-state index in [2.05, 4.69) is 35.0 Å². The van der Waals surface area contributed by atoms with Crippen molar-refractivity contribution in [3.8, 4) is 22.9 Å². The lowest BCUT2D eigenvalue weighted by Gasteiger charge is -2.11.